The summed E-state index contributed by atoms with van der Waals surface area (Å²) in [6.45, 7) is 0.164. The molecular weight excluding hydrogens is 301 g/mol. The van der Waals surface area contributed by atoms with Crippen molar-refractivity contribution in [3.63, 3.8) is 0 Å². The lowest BCUT2D eigenvalue weighted by molar-refractivity contribution is -0.125. The molecule has 2 amide bonds. The van der Waals surface area contributed by atoms with Crippen molar-refractivity contribution in [2.24, 2.45) is 0 Å². The van der Waals surface area contributed by atoms with E-state index in [1.165, 1.54) is 18.2 Å². The van der Waals surface area contributed by atoms with Crippen LogP contribution < -0.4 is 16.0 Å². The zero-order valence-electron chi connectivity index (χ0n) is 11.1. The van der Waals surface area contributed by atoms with Crippen LogP contribution in [0.1, 0.15) is 6.42 Å². The van der Waals surface area contributed by atoms with Gasteiger partial charge in [-0.25, -0.2) is 4.39 Å². The minimum Gasteiger partial charge on any atom is -0.392 e. The van der Waals surface area contributed by atoms with Crippen molar-refractivity contribution in [3.05, 3.63) is 30.1 Å². The molecule has 1 fully saturated rings. The van der Waals surface area contributed by atoms with E-state index in [-0.39, 0.29) is 24.9 Å². The molecule has 0 aromatic heterocycles. The molecule has 1 aliphatic heterocycles. The van der Waals surface area contributed by atoms with Crippen LogP contribution in [0.25, 0.3) is 0 Å². The number of aliphatic hydroxyl groups is 1. The van der Waals surface area contributed by atoms with Crippen LogP contribution in [0, 0.1) is 5.82 Å². The highest BCUT2D eigenvalue weighted by molar-refractivity contribution is 5.95. The predicted octanol–water partition coefficient (Wildman–Crippen LogP) is 0.0250. The zero-order valence-corrected chi connectivity index (χ0v) is 12.0. The van der Waals surface area contributed by atoms with Crippen LogP contribution >= 0.6 is 12.4 Å². The average Bonchev–Trinajstić information content (AvgIpc) is 2.83. The van der Waals surface area contributed by atoms with Crippen molar-refractivity contribution in [2.75, 3.05) is 18.4 Å². The fourth-order valence-electron chi connectivity index (χ4n) is 1.98. The molecule has 116 valence electrons. The predicted molar refractivity (Wildman–Crippen MR) is 77.7 cm³/mol. The Bertz CT molecular complexity index is 515. The van der Waals surface area contributed by atoms with E-state index in [4.69, 9.17) is 0 Å². The van der Waals surface area contributed by atoms with E-state index in [1.54, 1.807) is 6.07 Å². The number of carbonyl (C=O) groups excluding carboxylic acids is 2. The fourth-order valence-corrected chi connectivity index (χ4v) is 1.98. The quantitative estimate of drug-likeness (QED) is 0.630. The molecule has 1 heterocycles. The standard InChI is InChI=1S/C13H16FN3O3.ClH/c14-8-2-1-3-9(4-8)17-12(19)7-16-13(20)11-5-10(18)6-15-11;/h1-4,10-11,15,18H,5-7H2,(H,16,20)(H,17,19);1H. The molecular formula is C13H17ClFN3O3. The molecule has 8 heteroatoms. The maximum atomic E-state index is 12.9. The second kappa shape index (κ2) is 7.92. The van der Waals surface area contributed by atoms with E-state index in [9.17, 15) is 19.1 Å². The third-order valence-corrected chi connectivity index (χ3v) is 2.96. The monoisotopic (exact) mass is 317 g/mol. The second-order valence-corrected chi connectivity index (χ2v) is 4.63. The molecule has 2 rings (SSSR count). The van der Waals surface area contributed by atoms with Gasteiger partial charge in [-0.3, -0.25) is 9.59 Å². The van der Waals surface area contributed by atoms with Crippen LogP contribution in [0.5, 0.6) is 0 Å². The number of aliphatic hydroxyl groups excluding tert-OH is 1. The van der Waals surface area contributed by atoms with Crippen LogP contribution in [0.3, 0.4) is 0 Å². The molecule has 0 bridgehead atoms. The van der Waals surface area contributed by atoms with E-state index in [2.05, 4.69) is 16.0 Å². The van der Waals surface area contributed by atoms with Gasteiger partial charge in [-0.15, -0.1) is 12.4 Å². The number of hydrogen-bond acceptors (Lipinski definition) is 4. The van der Waals surface area contributed by atoms with Crippen molar-refractivity contribution < 1.29 is 19.1 Å². The van der Waals surface area contributed by atoms with Crippen LogP contribution in [0.2, 0.25) is 0 Å². The van der Waals surface area contributed by atoms with Crippen molar-refractivity contribution in [1.29, 1.82) is 0 Å². The summed E-state index contributed by atoms with van der Waals surface area (Å²) in [5.74, 6) is -1.23. The molecule has 1 saturated heterocycles. The Balaban J connectivity index is 0.00000220. The number of anilines is 1. The molecule has 2 atom stereocenters. The van der Waals surface area contributed by atoms with E-state index in [0.717, 1.165) is 0 Å². The lowest BCUT2D eigenvalue weighted by Crippen LogP contribution is -2.43. The van der Waals surface area contributed by atoms with Gasteiger partial charge < -0.3 is 21.1 Å². The van der Waals surface area contributed by atoms with Gasteiger partial charge in [0.15, 0.2) is 0 Å². The van der Waals surface area contributed by atoms with Gasteiger partial charge in [-0.1, -0.05) is 6.07 Å². The number of hydrogen-bond donors (Lipinski definition) is 4. The molecule has 0 saturated carbocycles. The molecule has 1 aromatic rings. The first-order chi connectivity index (χ1) is 9.54. The van der Waals surface area contributed by atoms with Gasteiger partial charge >= 0.3 is 0 Å². The summed E-state index contributed by atoms with van der Waals surface area (Å²) >= 11 is 0. The van der Waals surface area contributed by atoms with Crippen LogP contribution in [0.15, 0.2) is 24.3 Å². The number of benzene rings is 1. The Labute approximate surface area is 127 Å². The van der Waals surface area contributed by atoms with E-state index >= 15 is 0 Å². The maximum absolute atomic E-state index is 12.9. The normalized spacial score (nSPS) is 20.5. The average molecular weight is 318 g/mol. The lowest BCUT2D eigenvalue weighted by atomic mass is 10.2. The fraction of sp³-hybridized carbons (Fsp3) is 0.385. The van der Waals surface area contributed by atoms with E-state index in [0.29, 0.717) is 18.7 Å². The molecule has 1 aromatic carbocycles. The molecule has 0 aliphatic carbocycles. The molecule has 4 N–H and O–H groups in total. The van der Waals surface area contributed by atoms with Gasteiger partial charge in [-0.05, 0) is 24.6 Å². The second-order valence-electron chi connectivity index (χ2n) is 4.63. The van der Waals surface area contributed by atoms with Crippen LogP contribution in [0.4, 0.5) is 10.1 Å². The zero-order chi connectivity index (χ0) is 14.5. The van der Waals surface area contributed by atoms with Crippen molar-refractivity contribution >= 4 is 29.9 Å². The molecule has 21 heavy (non-hydrogen) atoms. The smallest absolute Gasteiger partial charge is 0.243 e. The first-order valence-corrected chi connectivity index (χ1v) is 6.29. The Kier molecular flexibility index (Phi) is 6.54. The Hall–Kier alpha value is -1.70. The Morgan fingerprint density at radius 3 is 2.81 bits per heavy atom. The SMILES string of the molecule is Cl.O=C(CNC(=O)C1CC(O)CN1)Nc1cccc(F)c1. The highest BCUT2D eigenvalue weighted by Gasteiger charge is 2.27. The third kappa shape index (κ3) is 5.30. The minimum absolute atomic E-state index is 0. The number of halogens is 2. The minimum atomic E-state index is -0.535. The van der Waals surface area contributed by atoms with Crippen molar-refractivity contribution in [2.45, 2.75) is 18.6 Å². The summed E-state index contributed by atoms with van der Waals surface area (Å²) in [6, 6.07) is 5.01. The highest BCUT2D eigenvalue weighted by Crippen LogP contribution is 2.09. The number of β-amino-alcohol motifs (C(OH)–C–C–N with tert-alkyl or cyclic N) is 1. The summed E-state index contributed by atoms with van der Waals surface area (Å²) in [5, 5.41) is 17.1. The van der Waals surface area contributed by atoms with E-state index in [1.807, 2.05) is 0 Å². The Morgan fingerprint density at radius 2 is 2.19 bits per heavy atom. The van der Waals surface area contributed by atoms with Crippen LogP contribution in [-0.4, -0.2) is 42.2 Å². The molecule has 2 unspecified atom stereocenters. The van der Waals surface area contributed by atoms with E-state index < -0.39 is 23.9 Å². The van der Waals surface area contributed by atoms with Crippen LogP contribution in [-0.2, 0) is 9.59 Å². The highest BCUT2D eigenvalue weighted by atomic mass is 35.5. The van der Waals surface area contributed by atoms with Gasteiger partial charge in [0.1, 0.15) is 5.82 Å². The van der Waals surface area contributed by atoms with Gasteiger partial charge in [0, 0.05) is 12.2 Å². The Morgan fingerprint density at radius 1 is 1.43 bits per heavy atom. The summed E-state index contributed by atoms with van der Waals surface area (Å²) in [6.07, 6.45) is -0.205. The largest absolute Gasteiger partial charge is 0.392 e. The number of carbonyl (C=O) groups is 2. The molecule has 0 spiro atoms. The first-order valence-electron chi connectivity index (χ1n) is 6.29. The number of nitrogens with one attached hydrogen (secondary N) is 3. The molecule has 6 nitrogen and oxygen atoms in total. The number of amides is 2. The van der Waals surface area contributed by atoms with Gasteiger partial charge in [0.05, 0.1) is 18.7 Å². The number of rotatable bonds is 4. The third-order valence-electron chi connectivity index (χ3n) is 2.96. The summed E-state index contributed by atoms with van der Waals surface area (Å²) in [5.41, 5.74) is 0.332. The van der Waals surface area contributed by atoms with Crippen molar-refractivity contribution in [3.8, 4) is 0 Å². The first kappa shape index (κ1) is 17.4. The molecule has 0 radical (unpaired) electrons. The summed E-state index contributed by atoms with van der Waals surface area (Å²) < 4.78 is 12.9. The maximum Gasteiger partial charge on any atom is 0.243 e. The lowest BCUT2D eigenvalue weighted by Gasteiger charge is -2.11. The summed E-state index contributed by atoms with van der Waals surface area (Å²) in [4.78, 5) is 23.3. The van der Waals surface area contributed by atoms with Gasteiger partial charge in [0.2, 0.25) is 11.8 Å². The van der Waals surface area contributed by atoms with Crippen molar-refractivity contribution in [1.82, 2.24) is 10.6 Å². The topological polar surface area (TPSA) is 90.5 Å². The summed E-state index contributed by atoms with van der Waals surface area (Å²) in [7, 11) is 0. The van der Waals surface area contributed by atoms with Gasteiger partial charge in [0.25, 0.3) is 0 Å². The molecule has 1 aliphatic rings. The van der Waals surface area contributed by atoms with Gasteiger partial charge in [-0.2, -0.15) is 0 Å².